The summed E-state index contributed by atoms with van der Waals surface area (Å²) in [5.41, 5.74) is 0.722. The Hall–Kier alpha value is -1.64. The molecule has 140 valence electrons. The Morgan fingerprint density at radius 1 is 1.44 bits per heavy atom. The summed E-state index contributed by atoms with van der Waals surface area (Å²) >= 11 is 0. The predicted molar refractivity (Wildman–Crippen MR) is 94.1 cm³/mol. The molecular weight excluding hydrogens is 344 g/mol. The molecule has 0 spiro atoms. The number of benzene rings is 1. The maximum Gasteiger partial charge on any atom is 0.241 e. The topological polar surface area (TPSA) is 93.7 Å². The second-order valence-electron chi connectivity index (χ2n) is 6.08. The second kappa shape index (κ2) is 8.64. The lowest BCUT2D eigenvalue weighted by atomic mass is 10.2. The molecule has 2 N–H and O–H groups in total. The van der Waals surface area contributed by atoms with E-state index in [1.54, 1.807) is 13.0 Å². The van der Waals surface area contributed by atoms with Gasteiger partial charge in [0.2, 0.25) is 15.9 Å². The summed E-state index contributed by atoms with van der Waals surface area (Å²) in [5, 5.41) is 2.72. The summed E-state index contributed by atoms with van der Waals surface area (Å²) in [4.78, 5) is 12.2. The molecule has 0 unspecified atom stereocenters. The van der Waals surface area contributed by atoms with Crippen molar-refractivity contribution in [2.45, 2.75) is 50.7 Å². The first kappa shape index (κ1) is 19.7. The van der Waals surface area contributed by atoms with Gasteiger partial charge in [0.05, 0.1) is 23.6 Å². The van der Waals surface area contributed by atoms with Crippen LogP contribution in [0, 0.1) is 6.92 Å². The monoisotopic (exact) mass is 370 g/mol. The number of amides is 1. The van der Waals surface area contributed by atoms with Crippen LogP contribution in [0.25, 0.3) is 0 Å². The molecular formula is C17H26N2O5S. The fourth-order valence-corrected chi connectivity index (χ4v) is 3.92. The molecule has 25 heavy (non-hydrogen) atoms. The molecule has 8 heteroatoms. The van der Waals surface area contributed by atoms with Crippen molar-refractivity contribution in [2.24, 2.45) is 0 Å². The van der Waals surface area contributed by atoms with Gasteiger partial charge < -0.3 is 14.8 Å². The van der Waals surface area contributed by atoms with Crippen LogP contribution in [-0.4, -0.2) is 46.2 Å². The highest BCUT2D eigenvalue weighted by Gasteiger charge is 2.24. The molecule has 0 aliphatic carbocycles. The van der Waals surface area contributed by atoms with Gasteiger partial charge in [-0.05, 0) is 57.4 Å². The lowest BCUT2D eigenvalue weighted by Crippen LogP contribution is -2.46. The van der Waals surface area contributed by atoms with E-state index in [9.17, 15) is 13.2 Å². The predicted octanol–water partition coefficient (Wildman–Crippen LogP) is 1.36. The SMILES string of the molecule is CCOc1ccc(S(=O)(=O)N[C@H](C)C(=O)NC[C@H]2CCCO2)cc1C. The number of carbonyl (C=O) groups is 1. The molecule has 1 saturated heterocycles. The van der Waals surface area contributed by atoms with Crippen LogP contribution < -0.4 is 14.8 Å². The lowest BCUT2D eigenvalue weighted by Gasteiger charge is -2.17. The van der Waals surface area contributed by atoms with Gasteiger partial charge in [0.1, 0.15) is 5.75 Å². The first-order valence-corrected chi connectivity index (χ1v) is 9.97. The summed E-state index contributed by atoms with van der Waals surface area (Å²) in [6, 6.07) is 3.75. The molecule has 2 rings (SSSR count). The Bertz CT molecular complexity index is 699. The minimum Gasteiger partial charge on any atom is -0.494 e. The molecule has 1 amide bonds. The van der Waals surface area contributed by atoms with E-state index in [-0.39, 0.29) is 16.9 Å². The quantitative estimate of drug-likeness (QED) is 0.721. The largest absolute Gasteiger partial charge is 0.494 e. The second-order valence-corrected chi connectivity index (χ2v) is 7.80. The van der Waals surface area contributed by atoms with Crippen molar-refractivity contribution < 1.29 is 22.7 Å². The van der Waals surface area contributed by atoms with Crippen LogP contribution in [0.15, 0.2) is 23.1 Å². The fourth-order valence-electron chi connectivity index (χ4n) is 2.63. The van der Waals surface area contributed by atoms with E-state index in [2.05, 4.69) is 10.0 Å². The van der Waals surface area contributed by atoms with Crippen molar-refractivity contribution in [1.29, 1.82) is 0 Å². The van der Waals surface area contributed by atoms with Gasteiger partial charge in [-0.25, -0.2) is 8.42 Å². The van der Waals surface area contributed by atoms with E-state index in [4.69, 9.17) is 9.47 Å². The smallest absolute Gasteiger partial charge is 0.241 e. The zero-order valence-electron chi connectivity index (χ0n) is 14.9. The molecule has 7 nitrogen and oxygen atoms in total. The van der Waals surface area contributed by atoms with Gasteiger partial charge in [-0.3, -0.25) is 4.79 Å². The van der Waals surface area contributed by atoms with Crippen molar-refractivity contribution in [3.63, 3.8) is 0 Å². The summed E-state index contributed by atoms with van der Waals surface area (Å²) in [6.07, 6.45) is 1.91. The van der Waals surface area contributed by atoms with E-state index in [0.717, 1.165) is 18.4 Å². The normalized spacial score (nSPS) is 18.8. The third kappa shape index (κ3) is 5.42. The van der Waals surface area contributed by atoms with Crippen molar-refractivity contribution in [3.05, 3.63) is 23.8 Å². The highest BCUT2D eigenvalue weighted by molar-refractivity contribution is 7.89. The van der Waals surface area contributed by atoms with Crippen molar-refractivity contribution in [1.82, 2.24) is 10.0 Å². The molecule has 1 aromatic rings. The maximum absolute atomic E-state index is 12.5. The summed E-state index contributed by atoms with van der Waals surface area (Å²) < 4.78 is 38.2. The number of hydrogen-bond donors (Lipinski definition) is 2. The van der Waals surface area contributed by atoms with Crippen molar-refractivity contribution in [3.8, 4) is 5.75 Å². The first-order chi connectivity index (χ1) is 11.8. The summed E-state index contributed by atoms with van der Waals surface area (Å²) in [5.74, 6) is 0.269. The lowest BCUT2D eigenvalue weighted by molar-refractivity contribution is -0.122. The Morgan fingerprint density at radius 2 is 2.20 bits per heavy atom. The molecule has 0 aromatic heterocycles. The number of nitrogens with one attached hydrogen (secondary N) is 2. The fraction of sp³-hybridized carbons (Fsp3) is 0.588. The number of sulfonamides is 1. The van der Waals surface area contributed by atoms with Crippen LogP contribution in [0.4, 0.5) is 0 Å². The standard InChI is InChI=1S/C17H26N2O5S/c1-4-23-16-8-7-15(10-12(16)2)25(21,22)19-13(3)17(20)18-11-14-6-5-9-24-14/h7-8,10,13-14,19H,4-6,9,11H2,1-3H3,(H,18,20)/t13-,14-/m1/s1. The van der Waals surface area contributed by atoms with Gasteiger partial charge in [-0.15, -0.1) is 0 Å². The third-order valence-corrected chi connectivity index (χ3v) is 5.55. The number of carbonyl (C=O) groups excluding carboxylic acids is 1. The van der Waals surface area contributed by atoms with Gasteiger partial charge in [-0.1, -0.05) is 0 Å². The van der Waals surface area contributed by atoms with Crippen molar-refractivity contribution >= 4 is 15.9 Å². The minimum absolute atomic E-state index is 0.0153. The molecule has 1 heterocycles. The molecule has 0 radical (unpaired) electrons. The molecule has 1 aliphatic heterocycles. The summed E-state index contributed by atoms with van der Waals surface area (Å²) in [7, 11) is -3.79. The highest BCUT2D eigenvalue weighted by atomic mass is 32.2. The molecule has 2 atom stereocenters. The van der Waals surface area contributed by atoms with Crippen LogP contribution in [0.2, 0.25) is 0 Å². The Morgan fingerprint density at radius 3 is 2.80 bits per heavy atom. The van der Waals surface area contributed by atoms with E-state index in [1.165, 1.54) is 19.1 Å². The molecule has 1 fully saturated rings. The Balaban J connectivity index is 1.96. The highest BCUT2D eigenvalue weighted by Crippen LogP contribution is 2.22. The summed E-state index contributed by atoms with van der Waals surface area (Å²) in [6.45, 7) is 6.77. The number of ether oxygens (including phenoxy) is 2. The average Bonchev–Trinajstić information content (AvgIpc) is 3.07. The van der Waals surface area contributed by atoms with E-state index < -0.39 is 16.1 Å². The minimum atomic E-state index is -3.79. The van der Waals surface area contributed by atoms with Gasteiger partial charge in [0.25, 0.3) is 0 Å². The Labute approximate surface area is 149 Å². The number of rotatable bonds is 8. The van der Waals surface area contributed by atoms with Gasteiger partial charge in [0.15, 0.2) is 0 Å². The van der Waals surface area contributed by atoms with Crippen LogP contribution in [0.5, 0.6) is 5.75 Å². The Kier molecular flexibility index (Phi) is 6.80. The third-order valence-electron chi connectivity index (χ3n) is 4.01. The van der Waals surface area contributed by atoms with E-state index in [0.29, 0.717) is 25.5 Å². The van der Waals surface area contributed by atoms with Crippen LogP contribution in [-0.2, 0) is 19.6 Å². The van der Waals surface area contributed by atoms with Crippen LogP contribution >= 0.6 is 0 Å². The zero-order chi connectivity index (χ0) is 18.4. The first-order valence-electron chi connectivity index (χ1n) is 8.48. The number of aryl methyl sites for hydroxylation is 1. The maximum atomic E-state index is 12.5. The number of hydrogen-bond acceptors (Lipinski definition) is 5. The zero-order valence-corrected chi connectivity index (χ0v) is 15.7. The molecule has 0 saturated carbocycles. The molecule has 1 aromatic carbocycles. The van der Waals surface area contributed by atoms with Crippen LogP contribution in [0.3, 0.4) is 0 Å². The van der Waals surface area contributed by atoms with Gasteiger partial charge in [0, 0.05) is 13.2 Å². The van der Waals surface area contributed by atoms with Gasteiger partial charge in [-0.2, -0.15) is 4.72 Å². The van der Waals surface area contributed by atoms with E-state index in [1.807, 2.05) is 6.92 Å². The van der Waals surface area contributed by atoms with Gasteiger partial charge >= 0.3 is 0 Å². The average molecular weight is 370 g/mol. The molecule has 0 bridgehead atoms. The molecule has 1 aliphatic rings. The van der Waals surface area contributed by atoms with E-state index >= 15 is 0 Å². The van der Waals surface area contributed by atoms with Crippen molar-refractivity contribution in [2.75, 3.05) is 19.8 Å². The van der Waals surface area contributed by atoms with Crippen LogP contribution in [0.1, 0.15) is 32.3 Å².